The maximum atomic E-state index is 5.93. The third-order valence-electron chi connectivity index (χ3n) is 4.28. The van der Waals surface area contributed by atoms with Crippen LogP contribution in [0.25, 0.3) is 0 Å². The second-order valence-electron chi connectivity index (χ2n) is 5.40. The van der Waals surface area contributed by atoms with E-state index in [9.17, 15) is 0 Å². The molecule has 0 spiro atoms. The van der Waals surface area contributed by atoms with Crippen LogP contribution in [-0.2, 0) is 15.1 Å². The van der Waals surface area contributed by atoms with Gasteiger partial charge in [-0.3, -0.25) is 0 Å². The summed E-state index contributed by atoms with van der Waals surface area (Å²) in [6.07, 6.45) is 1.65. The van der Waals surface area contributed by atoms with Crippen LogP contribution < -0.4 is 5.32 Å². The van der Waals surface area contributed by atoms with E-state index >= 15 is 0 Å². The molecule has 2 heterocycles. The van der Waals surface area contributed by atoms with Crippen LogP contribution in [0.2, 0.25) is 0 Å². The lowest BCUT2D eigenvalue weighted by Crippen LogP contribution is -2.34. The molecule has 0 amide bonds. The summed E-state index contributed by atoms with van der Waals surface area (Å²) >= 11 is 0. The van der Waals surface area contributed by atoms with E-state index in [4.69, 9.17) is 14.0 Å². The van der Waals surface area contributed by atoms with Crippen LogP contribution in [0.1, 0.15) is 58.2 Å². The van der Waals surface area contributed by atoms with Crippen LogP contribution in [-0.4, -0.2) is 42.5 Å². The van der Waals surface area contributed by atoms with E-state index in [-0.39, 0.29) is 12.0 Å². The number of hydrogen-bond donors (Lipinski definition) is 1. The first-order chi connectivity index (χ1) is 10.2. The van der Waals surface area contributed by atoms with Crippen molar-refractivity contribution in [2.24, 2.45) is 0 Å². The number of aromatic nitrogens is 2. The minimum Gasteiger partial charge on any atom is -0.379 e. The van der Waals surface area contributed by atoms with Gasteiger partial charge in [0.05, 0.1) is 19.1 Å². The van der Waals surface area contributed by atoms with Crippen LogP contribution in [0, 0.1) is 0 Å². The Morgan fingerprint density at radius 2 is 2.00 bits per heavy atom. The lowest BCUT2D eigenvalue weighted by Gasteiger charge is -2.27. The summed E-state index contributed by atoms with van der Waals surface area (Å²) in [5, 5.41) is 7.60. The average Bonchev–Trinajstić information content (AvgIpc) is 3.14. The van der Waals surface area contributed by atoms with Gasteiger partial charge in [-0.2, -0.15) is 4.98 Å². The average molecular weight is 297 g/mol. The predicted molar refractivity (Wildman–Crippen MR) is 79.2 cm³/mol. The number of likely N-dealkylation sites (N-methyl/N-ethyl adjacent to an activating group) is 1. The SMILES string of the molecule is CCNC1COCC1c1nc(C(CC)(CC)OCC)no1. The zero-order valence-electron chi connectivity index (χ0n) is 13.5. The van der Waals surface area contributed by atoms with Gasteiger partial charge in [0.1, 0.15) is 5.60 Å². The minimum absolute atomic E-state index is 0.124. The second-order valence-corrected chi connectivity index (χ2v) is 5.40. The number of nitrogens with zero attached hydrogens (tertiary/aromatic N) is 2. The molecule has 2 rings (SSSR count). The summed E-state index contributed by atoms with van der Waals surface area (Å²) in [5.41, 5.74) is -0.441. The van der Waals surface area contributed by atoms with Crippen LogP contribution in [0.3, 0.4) is 0 Å². The minimum atomic E-state index is -0.441. The van der Waals surface area contributed by atoms with Crippen molar-refractivity contribution in [1.29, 1.82) is 0 Å². The van der Waals surface area contributed by atoms with Crippen molar-refractivity contribution in [2.45, 2.75) is 58.1 Å². The summed E-state index contributed by atoms with van der Waals surface area (Å²) in [7, 11) is 0. The molecular weight excluding hydrogens is 270 g/mol. The van der Waals surface area contributed by atoms with E-state index in [1.54, 1.807) is 0 Å². The largest absolute Gasteiger partial charge is 0.379 e. The molecule has 120 valence electrons. The molecule has 0 aromatic carbocycles. The summed E-state index contributed by atoms with van der Waals surface area (Å²) < 4.78 is 17.0. The van der Waals surface area contributed by atoms with Crippen LogP contribution in [0.4, 0.5) is 0 Å². The van der Waals surface area contributed by atoms with E-state index in [1.807, 2.05) is 6.92 Å². The van der Waals surface area contributed by atoms with E-state index in [0.29, 0.717) is 31.5 Å². The number of hydrogen-bond acceptors (Lipinski definition) is 6. The van der Waals surface area contributed by atoms with E-state index in [2.05, 4.69) is 36.2 Å². The summed E-state index contributed by atoms with van der Waals surface area (Å²) in [4.78, 5) is 4.63. The Morgan fingerprint density at radius 3 is 2.62 bits per heavy atom. The highest BCUT2D eigenvalue weighted by atomic mass is 16.5. The molecule has 6 nitrogen and oxygen atoms in total. The fourth-order valence-corrected chi connectivity index (χ4v) is 2.94. The van der Waals surface area contributed by atoms with Gasteiger partial charge in [-0.05, 0) is 26.3 Å². The lowest BCUT2D eigenvalue weighted by molar-refractivity contribution is -0.0583. The van der Waals surface area contributed by atoms with Crippen molar-refractivity contribution in [3.05, 3.63) is 11.7 Å². The first-order valence-corrected chi connectivity index (χ1v) is 7.99. The molecule has 0 radical (unpaired) electrons. The highest BCUT2D eigenvalue weighted by Crippen LogP contribution is 2.33. The van der Waals surface area contributed by atoms with Gasteiger partial charge in [-0.15, -0.1) is 0 Å². The van der Waals surface area contributed by atoms with Gasteiger partial charge in [0.2, 0.25) is 11.7 Å². The molecule has 1 aromatic heterocycles. The van der Waals surface area contributed by atoms with Gasteiger partial charge >= 0.3 is 0 Å². The smallest absolute Gasteiger partial charge is 0.233 e. The number of ether oxygens (including phenoxy) is 2. The standard InChI is InChI=1S/C15H27N3O3/c1-5-15(6-2,20-8-4)14-17-13(21-18-14)11-9-19-10-12(11)16-7-3/h11-12,16H,5-10H2,1-4H3. The molecule has 1 N–H and O–H groups in total. The van der Waals surface area contributed by atoms with Crippen LogP contribution >= 0.6 is 0 Å². The van der Waals surface area contributed by atoms with E-state index in [1.165, 1.54) is 0 Å². The molecular formula is C15H27N3O3. The van der Waals surface area contributed by atoms with Gasteiger partial charge in [0, 0.05) is 12.6 Å². The first kappa shape index (κ1) is 16.4. The highest BCUT2D eigenvalue weighted by Gasteiger charge is 2.38. The van der Waals surface area contributed by atoms with Crippen molar-refractivity contribution in [1.82, 2.24) is 15.5 Å². The van der Waals surface area contributed by atoms with Crippen LogP contribution in [0.5, 0.6) is 0 Å². The molecule has 1 aliphatic rings. The Kier molecular flexibility index (Phi) is 5.72. The molecule has 1 fully saturated rings. The zero-order chi connectivity index (χ0) is 15.3. The molecule has 0 saturated carbocycles. The van der Waals surface area contributed by atoms with Crippen molar-refractivity contribution >= 4 is 0 Å². The predicted octanol–water partition coefficient (Wildman–Crippen LogP) is 2.21. The molecule has 6 heteroatoms. The Hall–Kier alpha value is -0.980. The summed E-state index contributed by atoms with van der Waals surface area (Å²) in [6, 6.07) is 0.244. The summed E-state index contributed by atoms with van der Waals surface area (Å²) in [5.74, 6) is 1.44. The topological polar surface area (TPSA) is 69.4 Å². The monoisotopic (exact) mass is 297 g/mol. The highest BCUT2D eigenvalue weighted by molar-refractivity contribution is 5.07. The van der Waals surface area contributed by atoms with Crippen molar-refractivity contribution < 1.29 is 14.0 Å². The van der Waals surface area contributed by atoms with Crippen molar-refractivity contribution in [3.8, 4) is 0 Å². The van der Waals surface area contributed by atoms with Gasteiger partial charge in [0.25, 0.3) is 0 Å². The van der Waals surface area contributed by atoms with Crippen LogP contribution in [0.15, 0.2) is 4.52 Å². The Labute approximate surface area is 126 Å². The lowest BCUT2D eigenvalue weighted by atomic mass is 9.96. The van der Waals surface area contributed by atoms with E-state index < -0.39 is 5.60 Å². The summed E-state index contributed by atoms with van der Waals surface area (Å²) in [6.45, 7) is 11.1. The van der Waals surface area contributed by atoms with E-state index in [0.717, 1.165) is 19.4 Å². The Morgan fingerprint density at radius 1 is 1.24 bits per heavy atom. The number of rotatable bonds is 8. The van der Waals surface area contributed by atoms with Gasteiger partial charge in [0.15, 0.2) is 0 Å². The van der Waals surface area contributed by atoms with Gasteiger partial charge < -0.3 is 19.3 Å². The third-order valence-corrected chi connectivity index (χ3v) is 4.28. The van der Waals surface area contributed by atoms with Gasteiger partial charge in [-0.1, -0.05) is 25.9 Å². The normalized spacial score (nSPS) is 22.9. The Bertz CT molecular complexity index is 432. The van der Waals surface area contributed by atoms with Crippen molar-refractivity contribution in [2.75, 3.05) is 26.4 Å². The molecule has 1 saturated heterocycles. The maximum absolute atomic E-state index is 5.93. The van der Waals surface area contributed by atoms with Gasteiger partial charge in [-0.25, -0.2) is 0 Å². The molecule has 2 atom stereocenters. The first-order valence-electron chi connectivity index (χ1n) is 7.99. The molecule has 0 aliphatic carbocycles. The number of nitrogens with one attached hydrogen (secondary N) is 1. The fraction of sp³-hybridized carbons (Fsp3) is 0.867. The molecule has 0 bridgehead atoms. The molecule has 1 aliphatic heterocycles. The fourth-order valence-electron chi connectivity index (χ4n) is 2.94. The molecule has 2 unspecified atom stereocenters. The zero-order valence-corrected chi connectivity index (χ0v) is 13.5. The Balaban J connectivity index is 2.20. The second kappa shape index (κ2) is 7.33. The van der Waals surface area contributed by atoms with Crippen molar-refractivity contribution in [3.63, 3.8) is 0 Å². The molecule has 1 aromatic rings. The maximum Gasteiger partial charge on any atom is 0.233 e. The molecule has 21 heavy (non-hydrogen) atoms. The third kappa shape index (κ3) is 3.27. The quantitative estimate of drug-likeness (QED) is 0.793.